The molecule has 1 rings (SSSR count). The quantitative estimate of drug-likeness (QED) is 0.875. The van der Waals surface area contributed by atoms with Crippen molar-refractivity contribution < 1.29 is 23.1 Å². The van der Waals surface area contributed by atoms with Gasteiger partial charge in [0.05, 0.1) is 11.1 Å². The van der Waals surface area contributed by atoms with Crippen LogP contribution in [0.15, 0.2) is 18.2 Å². The molecule has 0 spiro atoms. The summed E-state index contributed by atoms with van der Waals surface area (Å²) in [6.07, 6.45) is -4.68. The number of likely N-dealkylation sites (N-methyl/N-ethyl adjacent to an activating group) is 1. The maximum Gasteiger partial charge on any atom is 0.417 e. The predicted octanol–water partition coefficient (Wildman–Crippen LogP) is 2.77. The first-order valence-electron chi connectivity index (χ1n) is 5.97. The molecule has 112 valence electrons. The number of benzene rings is 1. The third kappa shape index (κ3) is 4.12. The molecule has 0 aliphatic carbocycles. The van der Waals surface area contributed by atoms with Crippen molar-refractivity contribution in [3.8, 4) is 0 Å². The van der Waals surface area contributed by atoms with Gasteiger partial charge in [-0.2, -0.15) is 13.2 Å². The molecule has 0 aromatic heterocycles. The van der Waals surface area contributed by atoms with E-state index < -0.39 is 23.3 Å². The molecule has 0 amide bonds. The number of nitrogens with one attached hydrogen (secondary N) is 1. The van der Waals surface area contributed by atoms with Gasteiger partial charge in [0.1, 0.15) is 0 Å². The van der Waals surface area contributed by atoms with Crippen molar-refractivity contribution >= 4 is 11.7 Å². The highest BCUT2D eigenvalue weighted by atomic mass is 19.4. The fourth-order valence-corrected chi connectivity index (χ4v) is 1.53. The lowest BCUT2D eigenvalue weighted by atomic mass is 10.1. The molecule has 0 aliphatic heterocycles. The number of alkyl halides is 3. The number of carboxylic acids is 1. The van der Waals surface area contributed by atoms with E-state index in [2.05, 4.69) is 5.32 Å². The lowest BCUT2D eigenvalue weighted by Gasteiger charge is -2.21. The second-order valence-electron chi connectivity index (χ2n) is 4.76. The van der Waals surface area contributed by atoms with E-state index in [9.17, 15) is 18.0 Å². The molecule has 0 bridgehead atoms. The maximum absolute atomic E-state index is 12.7. The van der Waals surface area contributed by atoms with Crippen LogP contribution in [-0.4, -0.2) is 42.7 Å². The van der Waals surface area contributed by atoms with Crippen molar-refractivity contribution in [1.82, 2.24) is 4.90 Å². The Morgan fingerprint density at radius 2 is 2.00 bits per heavy atom. The van der Waals surface area contributed by atoms with Crippen molar-refractivity contribution in [3.05, 3.63) is 29.3 Å². The highest BCUT2D eigenvalue weighted by Gasteiger charge is 2.35. The van der Waals surface area contributed by atoms with Gasteiger partial charge < -0.3 is 15.3 Å². The average molecular weight is 290 g/mol. The first-order valence-corrected chi connectivity index (χ1v) is 5.97. The van der Waals surface area contributed by atoms with Crippen molar-refractivity contribution in [1.29, 1.82) is 0 Å². The second-order valence-corrected chi connectivity index (χ2v) is 4.76. The molecule has 1 atom stereocenters. The van der Waals surface area contributed by atoms with Crippen molar-refractivity contribution in [3.63, 3.8) is 0 Å². The van der Waals surface area contributed by atoms with Crippen LogP contribution in [0.1, 0.15) is 22.8 Å². The summed E-state index contributed by atoms with van der Waals surface area (Å²) in [6, 6.07) is 3.18. The van der Waals surface area contributed by atoms with E-state index in [4.69, 9.17) is 5.11 Å². The number of anilines is 1. The smallest absolute Gasteiger partial charge is 0.417 e. The Kier molecular flexibility index (Phi) is 4.99. The number of hydrogen-bond donors (Lipinski definition) is 2. The molecule has 0 radical (unpaired) electrons. The number of halogens is 3. The van der Waals surface area contributed by atoms with Crippen molar-refractivity contribution in [2.75, 3.05) is 26.0 Å². The van der Waals surface area contributed by atoms with E-state index in [0.717, 1.165) is 12.1 Å². The zero-order valence-electron chi connectivity index (χ0n) is 11.5. The fraction of sp³-hybridized carbons (Fsp3) is 0.462. The Balaban J connectivity index is 2.97. The molecule has 1 aromatic rings. The number of nitrogens with zero attached hydrogens (tertiary/aromatic N) is 1. The normalized spacial score (nSPS) is 13.3. The minimum atomic E-state index is -4.68. The van der Waals surface area contributed by atoms with Crippen molar-refractivity contribution in [2.24, 2.45) is 0 Å². The molecular formula is C13H17F3N2O2. The molecule has 20 heavy (non-hydrogen) atoms. The van der Waals surface area contributed by atoms with Crippen LogP contribution in [0.5, 0.6) is 0 Å². The number of carboxylic acid groups (broad SMARTS) is 1. The van der Waals surface area contributed by atoms with E-state index >= 15 is 0 Å². The molecule has 4 nitrogen and oxygen atoms in total. The minimum absolute atomic E-state index is 0.158. The summed E-state index contributed by atoms with van der Waals surface area (Å²) >= 11 is 0. The van der Waals surface area contributed by atoms with Gasteiger partial charge in [0.15, 0.2) is 0 Å². The van der Waals surface area contributed by atoms with E-state index in [1.54, 1.807) is 0 Å². The standard InChI is InChI=1S/C13H17F3N2O2/c1-8(18(2)3)7-17-9-4-5-11(13(14,15)16)10(6-9)12(19)20/h4-6,8,17H,7H2,1-3H3,(H,19,20). The molecule has 0 aliphatic rings. The summed E-state index contributed by atoms with van der Waals surface area (Å²) in [5, 5.41) is 11.8. The molecular weight excluding hydrogens is 273 g/mol. The van der Waals surface area contributed by atoms with Gasteiger partial charge in [-0.15, -0.1) is 0 Å². The molecule has 2 N–H and O–H groups in total. The SMILES string of the molecule is CC(CNc1ccc(C(F)(F)F)c(C(=O)O)c1)N(C)C. The van der Waals surface area contributed by atoms with Crippen LogP contribution in [0.25, 0.3) is 0 Å². The van der Waals surface area contributed by atoms with Gasteiger partial charge in [-0.1, -0.05) is 0 Å². The molecule has 0 heterocycles. The molecule has 0 saturated carbocycles. The van der Waals surface area contributed by atoms with Crippen LogP contribution in [0.4, 0.5) is 18.9 Å². The average Bonchev–Trinajstić information content (AvgIpc) is 2.34. The van der Waals surface area contributed by atoms with E-state index in [1.165, 1.54) is 6.07 Å². The Morgan fingerprint density at radius 1 is 1.40 bits per heavy atom. The summed E-state index contributed by atoms with van der Waals surface area (Å²) in [6.45, 7) is 2.44. The number of hydrogen-bond acceptors (Lipinski definition) is 3. The third-order valence-electron chi connectivity index (χ3n) is 3.04. The van der Waals surface area contributed by atoms with Gasteiger partial charge in [-0.05, 0) is 39.2 Å². The second kappa shape index (κ2) is 6.13. The number of rotatable bonds is 5. The highest BCUT2D eigenvalue weighted by molar-refractivity contribution is 5.91. The van der Waals surface area contributed by atoms with Crippen LogP contribution in [0.2, 0.25) is 0 Å². The van der Waals surface area contributed by atoms with Crippen LogP contribution in [0, 0.1) is 0 Å². The van der Waals surface area contributed by atoms with Crippen LogP contribution >= 0.6 is 0 Å². The molecule has 0 saturated heterocycles. The van der Waals surface area contributed by atoms with Gasteiger partial charge in [-0.25, -0.2) is 4.79 Å². The number of carbonyl (C=O) groups is 1. The first kappa shape index (κ1) is 16.3. The van der Waals surface area contributed by atoms with Gasteiger partial charge in [-0.3, -0.25) is 0 Å². The van der Waals surface area contributed by atoms with Gasteiger partial charge >= 0.3 is 12.1 Å². The van der Waals surface area contributed by atoms with Gasteiger partial charge in [0.2, 0.25) is 0 Å². The lowest BCUT2D eigenvalue weighted by Crippen LogP contribution is -2.31. The van der Waals surface area contributed by atoms with Crippen LogP contribution < -0.4 is 5.32 Å². The number of aromatic carboxylic acids is 1. The van der Waals surface area contributed by atoms with E-state index in [1.807, 2.05) is 25.9 Å². The van der Waals surface area contributed by atoms with Crippen molar-refractivity contribution in [2.45, 2.75) is 19.1 Å². The summed E-state index contributed by atoms with van der Waals surface area (Å²) in [4.78, 5) is 12.9. The zero-order valence-corrected chi connectivity index (χ0v) is 11.5. The molecule has 0 fully saturated rings. The Labute approximate surface area is 115 Å². The maximum atomic E-state index is 12.7. The minimum Gasteiger partial charge on any atom is -0.478 e. The van der Waals surface area contributed by atoms with E-state index in [-0.39, 0.29) is 6.04 Å². The predicted molar refractivity (Wildman–Crippen MR) is 70.0 cm³/mol. The van der Waals surface area contributed by atoms with Gasteiger partial charge in [0, 0.05) is 18.3 Å². The zero-order chi connectivity index (χ0) is 15.5. The lowest BCUT2D eigenvalue weighted by molar-refractivity contribution is -0.138. The van der Waals surface area contributed by atoms with Gasteiger partial charge in [0.25, 0.3) is 0 Å². The fourth-order valence-electron chi connectivity index (χ4n) is 1.53. The topological polar surface area (TPSA) is 52.6 Å². The third-order valence-corrected chi connectivity index (χ3v) is 3.04. The molecule has 7 heteroatoms. The monoisotopic (exact) mass is 290 g/mol. The summed E-state index contributed by atoms with van der Waals surface area (Å²) in [5.74, 6) is -1.60. The first-order chi connectivity index (χ1) is 9.12. The molecule has 1 unspecified atom stereocenters. The Morgan fingerprint density at radius 3 is 2.45 bits per heavy atom. The highest BCUT2D eigenvalue weighted by Crippen LogP contribution is 2.33. The Bertz CT molecular complexity index is 487. The Hall–Kier alpha value is -1.76. The summed E-state index contributed by atoms with van der Waals surface area (Å²) in [7, 11) is 3.75. The molecule has 1 aromatic carbocycles. The largest absolute Gasteiger partial charge is 0.478 e. The summed E-state index contributed by atoms with van der Waals surface area (Å²) < 4.78 is 38.0. The van der Waals surface area contributed by atoms with E-state index in [0.29, 0.717) is 12.2 Å². The summed E-state index contributed by atoms with van der Waals surface area (Å²) in [5.41, 5.74) is -1.54. The van der Waals surface area contributed by atoms with Crippen LogP contribution in [-0.2, 0) is 6.18 Å². The van der Waals surface area contributed by atoms with Crippen LogP contribution in [0.3, 0.4) is 0 Å².